The van der Waals surface area contributed by atoms with E-state index in [1.54, 1.807) is 0 Å². The van der Waals surface area contributed by atoms with Gasteiger partial charge in [-0.25, -0.2) is 4.79 Å². The van der Waals surface area contributed by atoms with Crippen molar-refractivity contribution in [2.75, 3.05) is 5.32 Å². The van der Waals surface area contributed by atoms with Gasteiger partial charge in [-0.3, -0.25) is 4.79 Å². The van der Waals surface area contributed by atoms with E-state index in [0.717, 1.165) is 18.2 Å². The first-order chi connectivity index (χ1) is 8.66. The number of carbonyl (C=O) groups is 2. The van der Waals surface area contributed by atoms with Crippen LogP contribution in [0.15, 0.2) is 18.2 Å². The summed E-state index contributed by atoms with van der Waals surface area (Å²) in [7, 11) is 0. The number of fused-ring (bicyclic) bond motifs is 1. The largest absolute Gasteiger partial charge is 0.432 e. The van der Waals surface area contributed by atoms with Crippen molar-refractivity contribution in [2.45, 2.75) is 18.7 Å². The summed E-state index contributed by atoms with van der Waals surface area (Å²) in [5, 5.41) is 11.9. The van der Waals surface area contributed by atoms with Crippen molar-refractivity contribution < 1.29 is 32.6 Å². The van der Waals surface area contributed by atoms with Crippen molar-refractivity contribution in [2.24, 2.45) is 0 Å². The topological polar surface area (TPSA) is 75.6 Å². The molecule has 0 radical (unpaired) electrons. The highest BCUT2D eigenvalue weighted by Gasteiger charge is 2.66. The second-order valence-corrected chi connectivity index (χ2v) is 3.99. The smallest absolute Gasteiger partial charge is 0.423 e. The van der Waals surface area contributed by atoms with Crippen molar-refractivity contribution in [1.29, 1.82) is 0 Å². The van der Waals surface area contributed by atoms with Crippen LogP contribution in [-0.2, 0) is 15.2 Å². The number of benzene rings is 1. The van der Waals surface area contributed by atoms with Crippen molar-refractivity contribution in [1.82, 2.24) is 0 Å². The molecular formula is C11H8F3NO4. The molecule has 1 heterocycles. The van der Waals surface area contributed by atoms with Gasteiger partial charge in [0.05, 0.1) is 0 Å². The molecule has 1 aliphatic heterocycles. The van der Waals surface area contributed by atoms with Crippen molar-refractivity contribution in [3.8, 4) is 5.75 Å². The third-order valence-electron chi connectivity index (χ3n) is 2.60. The highest BCUT2D eigenvalue weighted by molar-refractivity contribution is 5.92. The minimum Gasteiger partial charge on any atom is -0.423 e. The average Bonchev–Trinajstić information content (AvgIpc) is 2.50. The molecule has 0 saturated carbocycles. The van der Waals surface area contributed by atoms with E-state index in [1.165, 1.54) is 6.92 Å². The highest BCUT2D eigenvalue weighted by atomic mass is 19.4. The van der Waals surface area contributed by atoms with Crippen LogP contribution in [0.3, 0.4) is 0 Å². The zero-order valence-electron chi connectivity index (χ0n) is 9.54. The van der Waals surface area contributed by atoms with Crippen LogP contribution in [-0.4, -0.2) is 23.2 Å². The molecule has 1 atom stereocenters. The Morgan fingerprint density at radius 1 is 1.42 bits per heavy atom. The summed E-state index contributed by atoms with van der Waals surface area (Å²) >= 11 is 0. The van der Waals surface area contributed by atoms with Gasteiger partial charge in [0.1, 0.15) is 5.75 Å². The quantitative estimate of drug-likeness (QED) is 0.598. The number of anilines is 1. The molecule has 2 N–H and O–H groups in total. The monoisotopic (exact) mass is 275 g/mol. The van der Waals surface area contributed by atoms with Crippen LogP contribution in [0.1, 0.15) is 12.5 Å². The number of aliphatic hydroxyl groups is 1. The molecule has 0 unspecified atom stereocenters. The number of rotatable bonds is 1. The van der Waals surface area contributed by atoms with Crippen LogP contribution in [0.4, 0.5) is 18.9 Å². The number of esters is 1. The maximum absolute atomic E-state index is 12.8. The third kappa shape index (κ3) is 1.93. The van der Waals surface area contributed by atoms with Gasteiger partial charge in [0.2, 0.25) is 5.91 Å². The van der Waals surface area contributed by atoms with Crippen LogP contribution >= 0.6 is 0 Å². The standard InChI is InChI=1S/C11H8F3NO4/c1-5(16)15-6-2-3-7-8(4-6)19-9(17)10(7,18)11(12,13)14/h2-4,18H,1H3,(H,15,16)/t10-/m1/s1. The highest BCUT2D eigenvalue weighted by Crippen LogP contribution is 2.48. The predicted molar refractivity (Wildman–Crippen MR) is 56.3 cm³/mol. The second kappa shape index (κ2) is 3.95. The van der Waals surface area contributed by atoms with Crippen LogP contribution < -0.4 is 10.1 Å². The first kappa shape index (κ1) is 13.3. The fourth-order valence-electron chi connectivity index (χ4n) is 1.74. The van der Waals surface area contributed by atoms with Gasteiger partial charge in [-0.15, -0.1) is 0 Å². The van der Waals surface area contributed by atoms with Gasteiger partial charge < -0.3 is 15.2 Å². The molecule has 1 amide bonds. The molecule has 5 nitrogen and oxygen atoms in total. The molecule has 1 aliphatic rings. The fraction of sp³-hybridized carbons (Fsp3) is 0.273. The lowest BCUT2D eigenvalue weighted by Crippen LogP contribution is -2.47. The Labute approximate surface area is 105 Å². The Bertz CT molecular complexity index is 570. The van der Waals surface area contributed by atoms with E-state index in [0.29, 0.717) is 0 Å². The number of halogens is 3. The number of nitrogens with one attached hydrogen (secondary N) is 1. The molecule has 102 valence electrons. The first-order valence-corrected chi connectivity index (χ1v) is 5.10. The van der Waals surface area contributed by atoms with Gasteiger partial charge in [0.15, 0.2) is 0 Å². The minimum absolute atomic E-state index is 0.158. The summed E-state index contributed by atoms with van der Waals surface area (Å²) in [5.74, 6) is -2.68. The van der Waals surface area contributed by atoms with Gasteiger partial charge in [-0.05, 0) is 12.1 Å². The Balaban J connectivity index is 2.49. The van der Waals surface area contributed by atoms with Crippen LogP contribution in [0, 0.1) is 0 Å². The predicted octanol–water partition coefficient (Wildman–Crippen LogP) is 1.31. The molecule has 0 aromatic heterocycles. The van der Waals surface area contributed by atoms with E-state index in [1.807, 2.05) is 0 Å². The number of hydrogen-bond donors (Lipinski definition) is 2. The average molecular weight is 275 g/mol. The molecule has 1 aromatic rings. The first-order valence-electron chi connectivity index (χ1n) is 5.10. The Morgan fingerprint density at radius 2 is 2.05 bits per heavy atom. The van der Waals surface area contributed by atoms with Crippen molar-refractivity contribution in [3.63, 3.8) is 0 Å². The lowest BCUT2D eigenvalue weighted by Gasteiger charge is -2.22. The summed E-state index contributed by atoms with van der Waals surface area (Å²) in [6, 6.07) is 3.07. The molecule has 0 aliphatic carbocycles. The summed E-state index contributed by atoms with van der Waals surface area (Å²) in [6.07, 6.45) is -5.19. The summed E-state index contributed by atoms with van der Waals surface area (Å²) in [6.45, 7) is 1.21. The van der Waals surface area contributed by atoms with Gasteiger partial charge in [-0.1, -0.05) is 0 Å². The van der Waals surface area contributed by atoms with Gasteiger partial charge >= 0.3 is 12.1 Å². The van der Waals surface area contributed by atoms with E-state index in [9.17, 15) is 27.9 Å². The normalized spacial score (nSPS) is 21.8. The molecule has 0 spiro atoms. The van der Waals surface area contributed by atoms with Crippen LogP contribution in [0.5, 0.6) is 5.75 Å². The second-order valence-electron chi connectivity index (χ2n) is 3.99. The third-order valence-corrected chi connectivity index (χ3v) is 2.60. The van der Waals surface area contributed by atoms with Gasteiger partial charge in [-0.2, -0.15) is 13.2 Å². The maximum atomic E-state index is 12.8. The number of ether oxygens (including phenoxy) is 1. The Morgan fingerprint density at radius 3 is 2.58 bits per heavy atom. The lowest BCUT2D eigenvalue weighted by atomic mass is 9.94. The molecule has 19 heavy (non-hydrogen) atoms. The molecule has 0 bridgehead atoms. The SMILES string of the molecule is CC(=O)Nc1ccc2c(c1)OC(=O)[C@@]2(O)C(F)(F)F. The van der Waals surface area contributed by atoms with E-state index < -0.39 is 35.0 Å². The lowest BCUT2D eigenvalue weighted by molar-refractivity contribution is -0.258. The summed E-state index contributed by atoms with van der Waals surface area (Å²) < 4.78 is 42.7. The van der Waals surface area contributed by atoms with E-state index in [4.69, 9.17) is 0 Å². The van der Waals surface area contributed by atoms with Crippen LogP contribution in [0.25, 0.3) is 0 Å². The molecule has 1 aromatic carbocycles. The molecule has 0 fully saturated rings. The van der Waals surface area contributed by atoms with Gasteiger partial charge in [0.25, 0.3) is 5.60 Å². The van der Waals surface area contributed by atoms with Gasteiger partial charge in [0, 0.05) is 24.2 Å². The Hall–Kier alpha value is -2.09. The molecule has 0 saturated heterocycles. The number of alkyl halides is 3. The van der Waals surface area contributed by atoms with E-state index in [2.05, 4.69) is 10.1 Å². The minimum atomic E-state index is -5.19. The Kier molecular flexibility index (Phi) is 2.78. The van der Waals surface area contributed by atoms with Crippen LogP contribution in [0.2, 0.25) is 0 Å². The number of hydrogen-bond acceptors (Lipinski definition) is 4. The molecule has 2 rings (SSSR count). The van der Waals surface area contributed by atoms with Crippen molar-refractivity contribution >= 4 is 17.6 Å². The molecule has 8 heteroatoms. The number of carbonyl (C=O) groups excluding carboxylic acids is 2. The fourth-order valence-corrected chi connectivity index (χ4v) is 1.74. The zero-order chi connectivity index (χ0) is 14.4. The van der Waals surface area contributed by atoms with E-state index >= 15 is 0 Å². The number of amides is 1. The summed E-state index contributed by atoms with van der Waals surface area (Å²) in [5.41, 5.74) is -4.21. The molecular weight excluding hydrogens is 267 g/mol. The zero-order valence-corrected chi connectivity index (χ0v) is 9.54. The van der Waals surface area contributed by atoms with Crippen molar-refractivity contribution in [3.05, 3.63) is 23.8 Å². The maximum Gasteiger partial charge on any atom is 0.432 e. The summed E-state index contributed by atoms with van der Waals surface area (Å²) in [4.78, 5) is 22.1. The van der Waals surface area contributed by atoms with E-state index in [-0.39, 0.29) is 5.69 Å².